The van der Waals surface area contributed by atoms with E-state index >= 15 is 0 Å². The molecule has 0 fully saturated rings. The van der Waals surface area contributed by atoms with E-state index in [0.717, 1.165) is 22.6 Å². The van der Waals surface area contributed by atoms with E-state index in [2.05, 4.69) is 6.07 Å². The standard InChI is InChI=1S/C14H13Cl2NS/c1-9-6-11(3-5-14(9)17)18-8-10-2-4-12(15)13(16)7-10/h2-7H,8,17H2,1H3. The number of nitrogens with two attached hydrogens (primary N) is 1. The smallest absolute Gasteiger partial charge is 0.0595 e. The first kappa shape index (κ1) is 13.6. The number of hydrogen-bond acceptors (Lipinski definition) is 2. The average molecular weight is 298 g/mol. The van der Waals surface area contributed by atoms with Crippen molar-refractivity contribution in [2.75, 3.05) is 5.73 Å². The lowest BCUT2D eigenvalue weighted by molar-refractivity contribution is 1.34. The first-order valence-electron chi connectivity index (χ1n) is 5.49. The van der Waals surface area contributed by atoms with E-state index in [4.69, 9.17) is 28.9 Å². The second-order valence-corrected chi connectivity index (χ2v) is 5.92. The number of benzene rings is 2. The maximum atomic E-state index is 5.98. The van der Waals surface area contributed by atoms with Crippen molar-refractivity contribution >= 4 is 40.7 Å². The molecule has 2 aromatic rings. The lowest BCUT2D eigenvalue weighted by Crippen LogP contribution is -1.89. The van der Waals surface area contributed by atoms with E-state index in [9.17, 15) is 0 Å². The van der Waals surface area contributed by atoms with Crippen LogP contribution in [0.1, 0.15) is 11.1 Å². The second-order valence-electron chi connectivity index (χ2n) is 4.06. The first-order chi connectivity index (χ1) is 8.56. The van der Waals surface area contributed by atoms with Gasteiger partial charge < -0.3 is 5.73 Å². The molecule has 0 aliphatic rings. The Bertz CT molecular complexity index is 518. The largest absolute Gasteiger partial charge is 0.399 e. The molecule has 0 heterocycles. The van der Waals surface area contributed by atoms with Gasteiger partial charge in [0.15, 0.2) is 0 Å². The minimum Gasteiger partial charge on any atom is -0.399 e. The summed E-state index contributed by atoms with van der Waals surface area (Å²) in [5.74, 6) is 0.861. The number of thioether (sulfide) groups is 1. The molecule has 1 nitrogen and oxygen atoms in total. The fourth-order valence-corrected chi connectivity index (χ4v) is 2.79. The number of anilines is 1. The third kappa shape index (κ3) is 3.35. The molecule has 0 spiro atoms. The minimum atomic E-state index is 0.591. The van der Waals surface area contributed by atoms with Crippen LogP contribution in [0.25, 0.3) is 0 Å². The van der Waals surface area contributed by atoms with Gasteiger partial charge in [-0.3, -0.25) is 0 Å². The molecule has 0 saturated carbocycles. The van der Waals surface area contributed by atoms with Gasteiger partial charge in [0.2, 0.25) is 0 Å². The van der Waals surface area contributed by atoms with Gasteiger partial charge in [-0.2, -0.15) is 0 Å². The highest BCUT2D eigenvalue weighted by Crippen LogP contribution is 2.28. The van der Waals surface area contributed by atoms with E-state index in [0.29, 0.717) is 10.0 Å². The van der Waals surface area contributed by atoms with Crippen molar-refractivity contribution in [2.45, 2.75) is 17.6 Å². The van der Waals surface area contributed by atoms with E-state index in [1.165, 1.54) is 4.90 Å². The maximum absolute atomic E-state index is 5.98. The number of rotatable bonds is 3. The predicted octanol–water partition coefficient (Wildman–Crippen LogP) is 5.18. The van der Waals surface area contributed by atoms with Crippen molar-refractivity contribution in [2.24, 2.45) is 0 Å². The molecule has 2 rings (SSSR count). The lowest BCUT2D eigenvalue weighted by Gasteiger charge is -2.06. The third-order valence-corrected chi connectivity index (χ3v) is 4.43. The molecule has 0 amide bonds. The Hall–Kier alpha value is -0.830. The summed E-state index contributed by atoms with van der Waals surface area (Å²) in [6.07, 6.45) is 0. The van der Waals surface area contributed by atoms with Gasteiger partial charge >= 0.3 is 0 Å². The third-order valence-electron chi connectivity index (χ3n) is 2.63. The Kier molecular flexibility index (Phi) is 4.44. The van der Waals surface area contributed by atoms with E-state index in [-0.39, 0.29) is 0 Å². The van der Waals surface area contributed by atoms with Crippen molar-refractivity contribution in [3.63, 3.8) is 0 Å². The van der Waals surface area contributed by atoms with E-state index in [1.54, 1.807) is 11.8 Å². The SMILES string of the molecule is Cc1cc(SCc2ccc(Cl)c(Cl)c2)ccc1N. The molecular formula is C14H13Cl2NS. The number of hydrogen-bond donors (Lipinski definition) is 1. The summed E-state index contributed by atoms with van der Waals surface area (Å²) in [5.41, 5.74) is 8.88. The summed E-state index contributed by atoms with van der Waals surface area (Å²) >= 11 is 13.6. The van der Waals surface area contributed by atoms with Crippen LogP contribution < -0.4 is 5.73 Å². The van der Waals surface area contributed by atoms with Gasteiger partial charge in [0.25, 0.3) is 0 Å². The fourth-order valence-electron chi connectivity index (χ4n) is 1.53. The summed E-state index contributed by atoms with van der Waals surface area (Å²) in [4.78, 5) is 1.20. The molecule has 0 radical (unpaired) electrons. The number of halogens is 2. The van der Waals surface area contributed by atoms with E-state index in [1.807, 2.05) is 37.3 Å². The van der Waals surface area contributed by atoms with Crippen molar-refractivity contribution in [3.05, 3.63) is 57.6 Å². The molecule has 0 bridgehead atoms. The van der Waals surface area contributed by atoms with Crippen LogP contribution >= 0.6 is 35.0 Å². The minimum absolute atomic E-state index is 0.591. The molecular weight excluding hydrogens is 285 g/mol. The van der Waals surface area contributed by atoms with Crippen LogP contribution in [0.3, 0.4) is 0 Å². The Morgan fingerprint density at radius 3 is 2.50 bits per heavy atom. The fraction of sp³-hybridized carbons (Fsp3) is 0.143. The van der Waals surface area contributed by atoms with Crippen LogP contribution in [0.5, 0.6) is 0 Å². The lowest BCUT2D eigenvalue weighted by atomic mass is 10.2. The average Bonchev–Trinajstić information content (AvgIpc) is 2.35. The monoisotopic (exact) mass is 297 g/mol. The Balaban J connectivity index is 2.06. The van der Waals surface area contributed by atoms with E-state index < -0.39 is 0 Å². The molecule has 4 heteroatoms. The van der Waals surface area contributed by atoms with Crippen molar-refractivity contribution in [1.82, 2.24) is 0 Å². The molecule has 0 unspecified atom stereocenters. The summed E-state index contributed by atoms with van der Waals surface area (Å²) in [7, 11) is 0. The summed E-state index contributed by atoms with van der Waals surface area (Å²) in [6.45, 7) is 2.01. The predicted molar refractivity (Wildman–Crippen MR) is 81.6 cm³/mol. The Labute approximate surface area is 121 Å². The Morgan fingerprint density at radius 1 is 1.06 bits per heavy atom. The quantitative estimate of drug-likeness (QED) is 0.624. The molecule has 0 atom stereocenters. The normalized spacial score (nSPS) is 10.6. The highest BCUT2D eigenvalue weighted by atomic mass is 35.5. The van der Waals surface area contributed by atoms with Crippen LogP contribution in [-0.2, 0) is 5.75 Å². The zero-order valence-corrected chi connectivity index (χ0v) is 12.2. The molecule has 2 aromatic carbocycles. The molecule has 2 N–H and O–H groups in total. The van der Waals surface area contributed by atoms with Crippen LogP contribution in [0.2, 0.25) is 10.0 Å². The van der Waals surface area contributed by atoms with Crippen LogP contribution in [0, 0.1) is 6.92 Å². The second kappa shape index (κ2) is 5.87. The van der Waals surface area contributed by atoms with Crippen LogP contribution in [0.4, 0.5) is 5.69 Å². The highest BCUT2D eigenvalue weighted by molar-refractivity contribution is 7.98. The van der Waals surface area contributed by atoms with Gasteiger partial charge in [-0.25, -0.2) is 0 Å². The highest BCUT2D eigenvalue weighted by Gasteiger charge is 2.02. The van der Waals surface area contributed by atoms with Gasteiger partial charge in [-0.15, -0.1) is 11.8 Å². The molecule has 0 aromatic heterocycles. The number of aryl methyl sites for hydroxylation is 1. The van der Waals surface area contributed by atoms with Gasteiger partial charge in [0.05, 0.1) is 10.0 Å². The molecule has 18 heavy (non-hydrogen) atoms. The molecule has 0 saturated heterocycles. The molecule has 94 valence electrons. The van der Waals surface area contributed by atoms with Crippen molar-refractivity contribution in [3.8, 4) is 0 Å². The molecule has 0 aliphatic carbocycles. The van der Waals surface area contributed by atoms with Crippen molar-refractivity contribution in [1.29, 1.82) is 0 Å². The summed E-state index contributed by atoms with van der Waals surface area (Å²) in [6, 6.07) is 11.8. The summed E-state index contributed by atoms with van der Waals surface area (Å²) < 4.78 is 0. The van der Waals surface area contributed by atoms with Gasteiger partial charge in [-0.05, 0) is 48.4 Å². The number of nitrogen functional groups attached to an aromatic ring is 1. The van der Waals surface area contributed by atoms with Gasteiger partial charge in [0.1, 0.15) is 0 Å². The van der Waals surface area contributed by atoms with Gasteiger partial charge in [0, 0.05) is 16.3 Å². The zero-order chi connectivity index (χ0) is 13.1. The van der Waals surface area contributed by atoms with Crippen LogP contribution in [-0.4, -0.2) is 0 Å². The Morgan fingerprint density at radius 2 is 1.83 bits per heavy atom. The van der Waals surface area contributed by atoms with Crippen molar-refractivity contribution < 1.29 is 0 Å². The summed E-state index contributed by atoms with van der Waals surface area (Å²) in [5, 5.41) is 1.19. The topological polar surface area (TPSA) is 26.0 Å². The molecule has 0 aliphatic heterocycles. The zero-order valence-electron chi connectivity index (χ0n) is 9.91. The van der Waals surface area contributed by atoms with Crippen LogP contribution in [0.15, 0.2) is 41.3 Å². The first-order valence-corrected chi connectivity index (χ1v) is 7.23. The van der Waals surface area contributed by atoms with Gasteiger partial charge in [-0.1, -0.05) is 29.3 Å². The maximum Gasteiger partial charge on any atom is 0.0595 e.